The van der Waals surface area contributed by atoms with Crippen LogP contribution in [0.2, 0.25) is 0 Å². The maximum Gasteiger partial charge on any atom is 0.242 e. The average molecular weight is 371 g/mol. The number of carbonyl (C=O) groups excluding carboxylic acids is 2. The van der Waals surface area contributed by atoms with E-state index in [0.29, 0.717) is 31.8 Å². The molecule has 0 saturated carbocycles. The number of carbonyl (C=O) groups is 2. The third kappa shape index (κ3) is 6.16. The molecule has 146 valence electrons. The molecule has 6 nitrogen and oxygen atoms in total. The van der Waals surface area contributed by atoms with Gasteiger partial charge in [-0.25, -0.2) is 0 Å². The number of rotatable bonds is 11. The maximum absolute atomic E-state index is 13.0. The summed E-state index contributed by atoms with van der Waals surface area (Å²) in [6.07, 6.45) is 7.42. The summed E-state index contributed by atoms with van der Waals surface area (Å²) in [6.45, 7) is 6.98. The fraction of sp³-hybridized carbons (Fsp3) is 0.429. The first-order chi connectivity index (χ1) is 13.0. The summed E-state index contributed by atoms with van der Waals surface area (Å²) < 4.78 is 7.40. The van der Waals surface area contributed by atoms with E-state index in [9.17, 15) is 9.59 Å². The molecule has 0 radical (unpaired) electrons. The van der Waals surface area contributed by atoms with E-state index in [2.05, 4.69) is 6.58 Å². The van der Waals surface area contributed by atoms with Gasteiger partial charge in [-0.05, 0) is 30.7 Å². The number of unbranched alkanes of at least 4 members (excludes halogenated alkanes) is 1. The summed E-state index contributed by atoms with van der Waals surface area (Å²) in [7, 11) is 1.95. The fourth-order valence-electron chi connectivity index (χ4n) is 2.84. The van der Waals surface area contributed by atoms with E-state index in [1.807, 2.05) is 42.9 Å². The van der Waals surface area contributed by atoms with Gasteiger partial charge in [0.05, 0.1) is 19.4 Å². The first-order valence-electron chi connectivity index (χ1n) is 9.34. The van der Waals surface area contributed by atoms with E-state index in [0.717, 1.165) is 18.5 Å². The van der Waals surface area contributed by atoms with Crippen LogP contribution in [0.4, 0.5) is 0 Å². The third-order valence-corrected chi connectivity index (χ3v) is 4.46. The Balaban J connectivity index is 2.11. The van der Waals surface area contributed by atoms with Crippen molar-refractivity contribution >= 4 is 11.8 Å². The number of amides is 2. The van der Waals surface area contributed by atoms with Gasteiger partial charge in [0.2, 0.25) is 11.8 Å². The molecule has 0 spiro atoms. The highest BCUT2D eigenvalue weighted by atomic mass is 16.3. The number of aryl methyl sites for hydroxylation is 1. The highest BCUT2D eigenvalue weighted by molar-refractivity contribution is 5.85. The third-order valence-electron chi connectivity index (χ3n) is 4.46. The van der Waals surface area contributed by atoms with Crippen LogP contribution in [0.3, 0.4) is 0 Å². The number of furan rings is 1. The van der Waals surface area contributed by atoms with Crippen LogP contribution in [0.5, 0.6) is 0 Å². The van der Waals surface area contributed by atoms with Gasteiger partial charge in [-0.15, -0.1) is 6.58 Å². The minimum atomic E-state index is -0.112. The van der Waals surface area contributed by atoms with E-state index in [4.69, 9.17) is 4.42 Å². The molecule has 0 aromatic carbocycles. The van der Waals surface area contributed by atoms with E-state index < -0.39 is 0 Å². The molecule has 0 aliphatic rings. The summed E-state index contributed by atoms with van der Waals surface area (Å²) >= 11 is 0. The molecule has 0 atom stereocenters. The zero-order valence-electron chi connectivity index (χ0n) is 16.3. The lowest BCUT2D eigenvalue weighted by atomic mass is 10.2. The largest absolute Gasteiger partial charge is 0.467 e. The Morgan fingerprint density at radius 3 is 2.59 bits per heavy atom. The Morgan fingerprint density at radius 2 is 2.00 bits per heavy atom. The van der Waals surface area contributed by atoms with Crippen LogP contribution in [0.15, 0.2) is 53.8 Å². The van der Waals surface area contributed by atoms with Crippen molar-refractivity contribution in [2.45, 2.75) is 39.3 Å². The summed E-state index contributed by atoms with van der Waals surface area (Å²) in [5.41, 5.74) is 1.02. The second-order valence-corrected chi connectivity index (χ2v) is 6.61. The van der Waals surface area contributed by atoms with Crippen molar-refractivity contribution in [2.24, 2.45) is 7.05 Å². The SMILES string of the molecule is C=CCN(CC(=O)N(Cc1ccco1)Cc1cccn1C)C(=O)CCCC. The quantitative estimate of drug-likeness (QED) is 0.569. The van der Waals surface area contributed by atoms with Crippen molar-refractivity contribution in [2.75, 3.05) is 13.1 Å². The first kappa shape index (κ1) is 20.6. The van der Waals surface area contributed by atoms with Gasteiger partial charge in [0.25, 0.3) is 0 Å². The van der Waals surface area contributed by atoms with Crippen LogP contribution in [-0.2, 0) is 29.7 Å². The monoisotopic (exact) mass is 371 g/mol. The van der Waals surface area contributed by atoms with Crippen molar-refractivity contribution in [3.63, 3.8) is 0 Å². The second-order valence-electron chi connectivity index (χ2n) is 6.61. The van der Waals surface area contributed by atoms with Crippen molar-refractivity contribution in [1.29, 1.82) is 0 Å². The van der Waals surface area contributed by atoms with Crippen LogP contribution in [-0.4, -0.2) is 39.3 Å². The van der Waals surface area contributed by atoms with Crippen molar-refractivity contribution in [3.8, 4) is 0 Å². The Kier molecular flexibility index (Phi) is 7.92. The smallest absolute Gasteiger partial charge is 0.242 e. The van der Waals surface area contributed by atoms with Gasteiger partial charge in [-0.3, -0.25) is 9.59 Å². The van der Waals surface area contributed by atoms with Crippen LogP contribution >= 0.6 is 0 Å². The van der Waals surface area contributed by atoms with Gasteiger partial charge < -0.3 is 18.8 Å². The lowest BCUT2D eigenvalue weighted by molar-refractivity contribution is -0.141. The molecule has 0 fully saturated rings. The van der Waals surface area contributed by atoms with Crippen molar-refractivity contribution in [3.05, 3.63) is 60.8 Å². The zero-order valence-corrected chi connectivity index (χ0v) is 16.3. The van der Waals surface area contributed by atoms with Gasteiger partial charge in [0.1, 0.15) is 12.3 Å². The normalized spacial score (nSPS) is 10.6. The predicted octanol–water partition coefficient (Wildman–Crippen LogP) is 3.35. The van der Waals surface area contributed by atoms with Gasteiger partial charge >= 0.3 is 0 Å². The number of hydrogen-bond donors (Lipinski definition) is 0. The molecule has 2 aromatic rings. The molecule has 0 N–H and O–H groups in total. The molecular formula is C21H29N3O3. The maximum atomic E-state index is 13.0. The lowest BCUT2D eigenvalue weighted by Gasteiger charge is -2.27. The van der Waals surface area contributed by atoms with Crippen molar-refractivity contribution < 1.29 is 14.0 Å². The van der Waals surface area contributed by atoms with Crippen LogP contribution < -0.4 is 0 Å². The molecule has 27 heavy (non-hydrogen) atoms. The summed E-state index contributed by atoms with van der Waals surface area (Å²) in [5, 5.41) is 0. The van der Waals surface area contributed by atoms with Crippen LogP contribution in [0.1, 0.15) is 37.6 Å². The minimum Gasteiger partial charge on any atom is -0.467 e. The molecule has 0 aliphatic carbocycles. The highest BCUT2D eigenvalue weighted by Crippen LogP contribution is 2.12. The van der Waals surface area contributed by atoms with E-state index in [1.54, 1.807) is 28.2 Å². The molecule has 2 aromatic heterocycles. The van der Waals surface area contributed by atoms with E-state index >= 15 is 0 Å². The molecule has 0 unspecified atom stereocenters. The number of aromatic nitrogens is 1. The Hall–Kier alpha value is -2.76. The molecule has 0 aliphatic heterocycles. The van der Waals surface area contributed by atoms with Crippen LogP contribution in [0.25, 0.3) is 0 Å². The fourth-order valence-corrected chi connectivity index (χ4v) is 2.84. The van der Waals surface area contributed by atoms with Crippen molar-refractivity contribution in [1.82, 2.24) is 14.4 Å². The minimum absolute atomic E-state index is 0.0121. The zero-order chi connectivity index (χ0) is 19.6. The second kappa shape index (κ2) is 10.4. The Morgan fingerprint density at radius 1 is 1.19 bits per heavy atom. The van der Waals surface area contributed by atoms with Gasteiger partial charge in [-0.2, -0.15) is 0 Å². The summed E-state index contributed by atoms with van der Waals surface area (Å²) in [5.74, 6) is 0.589. The predicted molar refractivity (Wildman–Crippen MR) is 105 cm³/mol. The molecule has 0 saturated heterocycles. The molecule has 0 bridgehead atoms. The summed E-state index contributed by atoms with van der Waals surface area (Å²) in [4.78, 5) is 28.7. The molecule has 6 heteroatoms. The van der Waals surface area contributed by atoms with Gasteiger partial charge in [0.15, 0.2) is 0 Å². The number of nitrogens with zero attached hydrogens (tertiary/aromatic N) is 3. The Bertz CT molecular complexity index is 734. The lowest BCUT2D eigenvalue weighted by Crippen LogP contribution is -2.42. The van der Waals surface area contributed by atoms with Gasteiger partial charge in [0, 0.05) is 31.9 Å². The average Bonchev–Trinajstić information content (AvgIpc) is 3.30. The summed E-state index contributed by atoms with van der Waals surface area (Å²) in [6, 6.07) is 7.58. The first-order valence-corrected chi connectivity index (χ1v) is 9.34. The standard InChI is InChI=1S/C21H29N3O3/c1-4-6-11-20(25)23(12-5-2)17-21(26)24(16-19-10-8-14-27-19)15-18-9-7-13-22(18)3/h5,7-10,13-14H,2,4,6,11-12,15-17H2,1,3H3. The molecule has 2 amide bonds. The topological polar surface area (TPSA) is 58.7 Å². The molecule has 2 heterocycles. The number of hydrogen-bond acceptors (Lipinski definition) is 3. The Labute approximate surface area is 161 Å². The molecular weight excluding hydrogens is 342 g/mol. The van der Waals surface area contributed by atoms with E-state index in [1.165, 1.54) is 0 Å². The van der Waals surface area contributed by atoms with Gasteiger partial charge in [-0.1, -0.05) is 19.4 Å². The van der Waals surface area contributed by atoms with E-state index in [-0.39, 0.29) is 18.4 Å². The van der Waals surface area contributed by atoms with Crippen LogP contribution in [0, 0.1) is 0 Å². The molecule has 2 rings (SSSR count). The highest BCUT2D eigenvalue weighted by Gasteiger charge is 2.22.